The van der Waals surface area contributed by atoms with Crippen LogP contribution in [0.25, 0.3) is 0 Å². The third kappa shape index (κ3) is 8.39. The Kier molecular flexibility index (Phi) is 9.24. The van der Waals surface area contributed by atoms with Gasteiger partial charge in [-0.15, -0.1) is 0 Å². The van der Waals surface area contributed by atoms with E-state index in [4.69, 9.17) is 5.84 Å². The minimum absolute atomic E-state index is 0.000778. The number of nitrogens with one attached hydrogen (secondary N) is 1. The van der Waals surface area contributed by atoms with E-state index in [1.165, 1.54) is 0 Å². The lowest BCUT2D eigenvalue weighted by Crippen LogP contribution is -2.30. The van der Waals surface area contributed by atoms with Gasteiger partial charge in [0.25, 0.3) is 0 Å². The number of carbonyl (C=O) groups excluding carboxylic acids is 2. The summed E-state index contributed by atoms with van der Waals surface area (Å²) in [6.45, 7) is 8.33. The Balaban J connectivity index is 3.99. The van der Waals surface area contributed by atoms with Crippen LogP contribution in [0.2, 0.25) is 0 Å². The average molecular weight is 282 g/mol. The second-order valence-corrected chi connectivity index (χ2v) is 5.22. The molecule has 0 heterocycles. The van der Waals surface area contributed by atoms with Crippen molar-refractivity contribution in [2.45, 2.75) is 40.5 Å². The number of hydrogen-bond donors (Lipinski definition) is 2. The fourth-order valence-corrected chi connectivity index (χ4v) is 1.31. The van der Waals surface area contributed by atoms with Crippen molar-refractivity contribution >= 4 is 23.6 Å². The van der Waals surface area contributed by atoms with Crippen LogP contribution in [0.15, 0.2) is 10.1 Å². The molecular weight excluding hydrogens is 256 g/mol. The molecule has 0 aromatic heterocycles. The summed E-state index contributed by atoms with van der Waals surface area (Å²) in [6.07, 6.45) is 2.52. The second kappa shape index (κ2) is 10.1. The van der Waals surface area contributed by atoms with Crippen LogP contribution in [0.5, 0.6) is 0 Å². The molecule has 0 aromatic carbocycles. The number of carbonyl (C=O) groups is 2. The topological polar surface area (TPSA) is 96.9 Å². The molecule has 0 saturated carbocycles. The van der Waals surface area contributed by atoms with Crippen LogP contribution in [0.4, 0.5) is 0 Å². The van der Waals surface area contributed by atoms with Gasteiger partial charge in [-0.1, -0.05) is 27.7 Å². The zero-order valence-electron chi connectivity index (χ0n) is 12.8. The fourth-order valence-electron chi connectivity index (χ4n) is 1.31. The highest BCUT2D eigenvalue weighted by atomic mass is 16.1. The van der Waals surface area contributed by atoms with Crippen LogP contribution in [0.1, 0.15) is 40.5 Å². The highest BCUT2D eigenvalue weighted by molar-refractivity contribution is 6.30. The zero-order chi connectivity index (χ0) is 15.5. The smallest absolute Gasteiger partial charge is 0.222 e. The minimum atomic E-state index is -0.0380. The summed E-state index contributed by atoms with van der Waals surface area (Å²) >= 11 is 0. The number of rotatable bonds is 9. The summed E-state index contributed by atoms with van der Waals surface area (Å²) in [4.78, 5) is 26.9. The summed E-state index contributed by atoms with van der Waals surface area (Å²) in [6, 6.07) is 0. The van der Waals surface area contributed by atoms with E-state index in [-0.39, 0.29) is 23.5 Å². The van der Waals surface area contributed by atoms with Crippen molar-refractivity contribution in [3.8, 4) is 0 Å². The van der Waals surface area contributed by atoms with E-state index in [1.54, 1.807) is 6.21 Å². The molecule has 0 radical (unpaired) electrons. The Hall–Kier alpha value is -1.72. The number of nitrogens with two attached hydrogens (primary N) is 1. The molecule has 6 heteroatoms. The Morgan fingerprint density at radius 2 is 1.80 bits per heavy atom. The van der Waals surface area contributed by atoms with Crippen molar-refractivity contribution in [2.24, 2.45) is 27.8 Å². The van der Waals surface area contributed by atoms with Gasteiger partial charge in [-0.25, -0.2) is 0 Å². The lowest BCUT2D eigenvalue weighted by molar-refractivity contribution is -0.124. The van der Waals surface area contributed by atoms with Gasteiger partial charge in [0.15, 0.2) is 0 Å². The number of Topliss-reactive ketones (excluding diaryl/α,β-unsaturated/α-hetero) is 1. The van der Waals surface area contributed by atoms with Gasteiger partial charge < -0.3 is 11.2 Å². The number of nitrogens with zero attached hydrogens (tertiary/aromatic N) is 2. The molecule has 0 aliphatic heterocycles. The number of hydrazone groups is 1. The summed E-state index contributed by atoms with van der Waals surface area (Å²) in [5.41, 5.74) is 0.603. The predicted molar refractivity (Wildman–Crippen MR) is 81.9 cm³/mol. The Labute approximate surface area is 120 Å². The van der Waals surface area contributed by atoms with Crippen molar-refractivity contribution in [2.75, 3.05) is 13.1 Å². The van der Waals surface area contributed by atoms with E-state index < -0.39 is 0 Å². The first-order valence-electron chi connectivity index (χ1n) is 6.95. The van der Waals surface area contributed by atoms with E-state index >= 15 is 0 Å². The van der Waals surface area contributed by atoms with Crippen molar-refractivity contribution in [3.63, 3.8) is 0 Å². The lowest BCUT2D eigenvalue weighted by Gasteiger charge is -2.06. The molecular formula is C14H26N4O2. The van der Waals surface area contributed by atoms with Gasteiger partial charge in [0.2, 0.25) is 5.91 Å². The molecule has 3 N–H and O–H groups in total. The van der Waals surface area contributed by atoms with Crippen LogP contribution >= 0.6 is 0 Å². The maximum absolute atomic E-state index is 11.4. The van der Waals surface area contributed by atoms with Crippen molar-refractivity contribution in [1.29, 1.82) is 0 Å². The van der Waals surface area contributed by atoms with Crippen LogP contribution in [-0.4, -0.2) is 36.7 Å². The highest BCUT2D eigenvalue weighted by Gasteiger charge is 2.07. The molecule has 6 nitrogen and oxygen atoms in total. The van der Waals surface area contributed by atoms with Gasteiger partial charge in [0.1, 0.15) is 5.78 Å². The van der Waals surface area contributed by atoms with Crippen molar-refractivity contribution in [3.05, 3.63) is 0 Å². The molecule has 0 aliphatic carbocycles. The quantitative estimate of drug-likeness (QED) is 0.377. The Bertz CT molecular complexity index is 373. The average Bonchev–Trinajstić information content (AvgIpc) is 2.40. The van der Waals surface area contributed by atoms with E-state index in [0.29, 0.717) is 31.6 Å². The second-order valence-electron chi connectivity index (χ2n) is 5.22. The van der Waals surface area contributed by atoms with Gasteiger partial charge in [0, 0.05) is 44.0 Å². The third-order valence-corrected chi connectivity index (χ3v) is 2.74. The van der Waals surface area contributed by atoms with Crippen LogP contribution in [0.3, 0.4) is 0 Å². The molecule has 0 aliphatic rings. The standard InChI is InChI=1S/C14H26N4O2/c1-10(2)13(19)6-7-16-9-12(18-15)5-8-17-14(20)11(3)4/h9-11H,5-8,15H2,1-4H3,(H,17,20)/b16-9?,18-12-. The monoisotopic (exact) mass is 282 g/mol. The molecule has 0 rings (SSSR count). The fraction of sp³-hybridized carbons (Fsp3) is 0.714. The molecule has 0 bridgehead atoms. The first-order chi connectivity index (χ1) is 9.38. The highest BCUT2D eigenvalue weighted by Crippen LogP contribution is 1.98. The molecule has 0 atom stereocenters. The first-order valence-corrected chi connectivity index (χ1v) is 6.95. The molecule has 0 spiro atoms. The molecule has 114 valence electrons. The van der Waals surface area contributed by atoms with Crippen LogP contribution in [0, 0.1) is 11.8 Å². The van der Waals surface area contributed by atoms with Gasteiger partial charge >= 0.3 is 0 Å². The van der Waals surface area contributed by atoms with Gasteiger partial charge in [-0.2, -0.15) is 5.10 Å². The molecule has 0 saturated heterocycles. The number of ketones is 1. The summed E-state index contributed by atoms with van der Waals surface area (Å²) in [5.74, 6) is 5.45. The first kappa shape index (κ1) is 18.3. The molecule has 0 aromatic rings. The number of aliphatic imine (C=N–C) groups is 1. The molecule has 0 fully saturated rings. The largest absolute Gasteiger partial charge is 0.355 e. The predicted octanol–water partition coefficient (Wildman–Crippen LogP) is 1.15. The van der Waals surface area contributed by atoms with E-state index in [0.717, 1.165) is 0 Å². The van der Waals surface area contributed by atoms with E-state index in [2.05, 4.69) is 15.4 Å². The maximum Gasteiger partial charge on any atom is 0.222 e. The molecule has 1 amide bonds. The van der Waals surface area contributed by atoms with Crippen LogP contribution in [-0.2, 0) is 9.59 Å². The Morgan fingerprint density at radius 3 is 2.30 bits per heavy atom. The summed E-state index contributed by atoms with van der Waals surface area (Å²) < 4.78 is 0. The maximum atomic E-state index is 11.4. The number of hydrogen-bond acceptors (Lipinski definition) is 5. The minimum Gasteiger partial charge on any atom is -0.355 e. The van der Waals surface area contributed by atoms with E-state index in [9.17, 15) is 9.59 Å². The van der Waals surface area contributed by atoms with E-state index in [1.807, 2.05) is 27.7 Å². The lowest BCUT2D eigenvalue weighted by atomic mass is 10.1. The molecule has 0 unspecified atom stereocenters. The van der Waals surface area contributed by atoms with Crippen molar-refractivity contribution < 1.29 is 9.59 Å². The zero-order valence-corrected chi connectivity index (χ0v) is 12.8. The van der Waals surface area contributed by atoms with Crippen LogP contribution < -0.4 is 11.2 Å². The van der Waals surface area contributed by atoms with Gasteiger partial charge in [-0.05, 0) is 0 Å². The van der Waals surface area contributed by atoms with Gasteiger partial charge in [-0.3, -0.25) is 14.6 Å². The molecule has 20 heavy (non-hydrogen) atoms. The summed E-state index contributed by atoms with van der Waals surface area (Å²) in [5, 5.41) is 6.39. The van der Waals surface area contributed by atoms with Gasteiger partial charge in [0.05, 0.1) is 5.71 Å². The normalized spacial score (nSPS) is 12.4. The number of amides is 1. The van der Waals surface area contributed by atoms with Crippen molar-refractivity contribution in [1.82, 2.24) is 5.32 Å². The summed E-state index contributed by atoms with van der Waals surface area (Å²) in [7, 11) is 0. The Morgan fingerprint density at radius 1 is 1.15 bits per heavy atom. The SMILES string of the molecule is CC(C)C(=O)CCN=C/C(CCNC(=O)C(C)C)=N\N. The third-order valence-electron chi connectivity index (χ3n) is 2.74.